The highest BCUT2D eigenvalue weighted by atomic mass is 16.5. The molecule has 0 aromatic carbocycles. The molecular weight excluding hydrogens is 126 g/mol. The standard InChI is InChI=1S/C8H15NO/c1-3-5-8-9-7(4-2)6-10-8/h8H,3-6H2,1-2H3. The summed E-state index contributed by atoms with van der Waals surface area (Å²) in [6, 6.07) is 0. The second kappa shape index (κ2) is 3.71. The van der Waals surface area contributed by atoms with E-state index in [1.165, 1.54) is 5.71 Å². The Bertz CT molecular complexity index is 131. The van der Waals surface area contributed by atoms with Gasteiger partial charge in [-0.1, -0.05) is 20.3 Å². The van der Waals surface area contributed by atoms with Crippen LogP contribution in [0.2, 0.25) is 0 Å². The quantitative estimate of drug-likeness (QED) is 0.589. The third-order valence-electron chi connectivity index (χ3n) is 1.71. The number of aliphatic imine (C=N–C) groups is 1. The molecule has 1 aliphatic rings. The van der Waals surface area contributed by atoms with Gasteiger partial charge in [0, 0.05) is 5.71 Å². The summed E-state index contributed by atoms with van der Waals surface area (Å²) in [5, 5.41) is 0. The molecule has 2 heteroatoms. The van der Waals surface area contributed by atoms with E-state index >= 15 is 0 Å². The Morgan fingerprint density at radius 3 is 2.90 bits per heavy atom. The van der Waals surface area contributed by atoms with Crippen LogP contribution in [0.5, 0.6) is 0 Å². The van der Waals surface area contributed by atoms with Crippen molar-refractivity contribution in [2.75, 3.05) is 6.61 Å². The number of hydrogen-bond donors (Lipinski definition) is 0. The molecule has 0 N–H and O–H groups in total. The van der Waals surface area contributed by atoms with Crippen molar-refractivity contribution in [3.63, 3.8) is 0 Å². The van der Waals surface area contributed by atoms with E-state index in [0.717, 1.165) is 25.9 Å². The molecule has 0 saturated carbocycles. The molecule has 0 aromatic rings. The summed E-state index contributed by atoms with van der Waals surface area (Å²) in [4.78, 5) is 4.39. The van der Waals surface area contributed by atoms with Gasteiger partial charge in [0.05, 0.1) is 6.61 Å². The van der Waals surface area contributed by atoms with Crippen LogP contribution in [0.4, 0.5) is 0 Å². The number of ether oxygens (including phenoxy) is 1. The van der Waals surface area contributed by atoms with E-state index in [0.29, 0.717) is 0 Å². The van der Waals surface area contributed by atoms with Gasteiger partial charge in [-0.3, -0.25) is 4.99 Å². The van der Waals surface area contributed by atoms with Crippen LogP contribution in [0.15, 0.2) is 4.99 Å². The van der Waals surface area contributed by atoms with E-state index in [1.54, 1.807) is 0 Å². The van der Waals surface area contributed by atoms with Crippen LogP contribution in [0.25, 0.3) is 0 Å². The second-order valence-electron chi connectivity index (χ2n) is 2.60. The van der Waals surface area contributed by atoms with Crippen molar-refractivity contribution >= 4 is 5.71 Å². The van der Waals surface area contributed by atoms with Crippen molar-refractivity contribution in [3.05, 3.63) is 0 Å². The molecule has 0 aromatic heterocycles. The molecule has 1 rings (SSSR count). The SMILES string of the molecule is CCCC1N=C(CC)CO1. The van der Waals surface area contributed by atoms with Crippen LogP contribution in [0, 0.1) is 0 Å². The maximum absolute atomic E-state index is 5.39. The normalized spacial score (nSPS) is 25.0. The molecule has 58 valence electrons. The third kappa shape index (κ3) is 1.81. The molecule has 0 spiro atoms. The summed E-state index contributed by atoms with van der Waals surface area (Å²) in [5.41, 5.74) is 1.22. The third-order valence-corrected chi connectivity index (χ3v) is 1.71. The Morgan fingerprint density at radius 1 is 1.60 bits per heavy atom. The van der Waals surface area contributed by atoms with Crippen LogP contribution in [0.3, 0.4) is 0 Å². The summed E-state index contributed by atoms with van der Waals surface area (Å²) in [5.74, 6) is 0. The van der Waals surface area contributed by atoms with Crippen LogP contribution >= 0.6 is 0 Å². The van der Waals surface area contributed by atoms with Crippen molar-refractivity contribution in [1.29, 1.82) is 0 Å². The molecule has 0 saturated heterocycles. The Morgan fingerprint density at radius 2 is 2.40 bits per heavy atom. The van der Waals surface area contributed by atoms with Gasteiger partial charge in [-0.15, -0.1) is 0 Å². The van der Waals surface area contributed by atoms with E-state index in [2.05, 4.69) is 18.8 Å². The Labute approximate surface area is 62.3 Å². The van der Waals surface area contributed by atoms with Gasteiger partial charge in [0.2, 0.25) is 0 Å². The van der Waals surface area contributed by atoms with Crippen molar-refractivity contribution in [2.45, 2.75) is 39.3 Å². The van der Waals surface area contributed by atoms with Gasteiger partial charge in [0.1, 0.15) is 6.23 Å². The Kier molecular flexibility index (Phi) is 2.87. The molecule has 1 atom stereocenters. The molecule has 10 heavy (non-hydrogen) atoms. The average Bonchev–Trinajstić information content (AvgIpc) is 2.37. The highest BCUT2D eigenvalue weighted by Gasteiger charge is 2.14. The van der Waals surface area contributed by atoms with Crippen molar-refractivity contribution < 1.29 is 4.74 Å². The molecule has 2 nitrogen and oxygen atoms in total. The topological polar surface area (TPSA) is 21.6 Å². The lowest BCUT2D eigenvalue weighted by molar-refractivity contribution is 0.101. The highest BCUT2D eigenvalue weighted by molar-refractivity contribution is 5.86. The lowest BCUT2D eigenvalue weighted by atomic mass is 10.3. The monoisotopic (exact) mass is 141 g/mol. The van der Waals surface area contributed by atoms with Crippen LogP contribution in [0.1, 0.15) is 33.1 Å². The summed E-state index contributed by atoms with van der Waals surface area (Å²) in [6.45, 7) is 5.04. The second-order valence-corrected chi connectivity index (χ2v) is 2.60. The first-order chi connectivity index (χ1) is 4.86. The first-order valence-electron chi connectivity index (χ1n) is 4.04. The first kappa shape index (κ1) is 7.73. The average molecular weight is 141 g/mol. The molecule has 0 bridgehead atoms. The molecule has 0 amide bonds. The molecule has 0 aliphatic carbocycles. The van der Waals surface area contributed by atoms with E-state index in [-0.39, 0.29) is 6.23 Å². The molecule has 1 aliphatic heterocycles. The molecular formula is C8H15NO. The number of rotatable bonds is 3. The van der Waals surface area contributed by atoms with E-state index in [1.807, 2.05) is 0 Å². The maximum atomic E-state index is 5.39. The highest BCUT2D eigenvalue weighted by Crippen LogP contribution is 2.11. The molecule has 1 heterocycles. The number of nitrogens with zero attached hydrogens (tertiary/aromatic N) is 1. The summed E-state index contributed by atoms with van der Waals surface area (Å²) in [6.07, 6.45) is 3.45. The van der Waals surface area contributed by atoms with Crippen LogP contribution in [-0.2, 0) is 4.74 Å². The maximum Gasteiger partial charge on any atom is 0.148 e. The van der Waals surface area contributed by atoms with Gasteiger partial charge < -0.3 is 4.74 Å². The minimum atomic E-state index is 0.181. The fourth-order valence-corrected chi connectivity index (χ4v) is 1.06. The lowest BCUT2D eigenvalue weighted by Gasteiger charge is -2.02. The Hall–Kier alpha value is -0.370. The Balaban J connectivity index is 2.32. The fourth-order valence-electron chi connectivity index (χ4n) is 1.06. The molecule has 0 radical (unpaired) electrons. The zero-order valence-electron chi connectivity index (χ0n) is 6.76. The van der Waals surface area contributed by atoms with Gasteiger partial charge >= 0.3 is 0 Å². The molecule has 0 fully saturated rings. The summed E-state index contributed by atoms with van der Waals surface area (Å²) in [7, 11) is 0. The number of hydrogen-bond acceptors (Lipinski definition) is 2. The van der Waals surface area contributed by atoms with Crippen LogP contribution < -0.4 is 0 Å². The summed E-state index contributed by atoms with van der Waals surface area (Å²) < 4.78 is 5.39. The molecule has 1 unspecified atom stereocenters. The fraction of sp³-hybridized carbons (Fsp3) is 0.875. The van der Waals surface area contributed by atoms with Gasteiger partial charge in [0.25, 0.3) is 0 Å². The largest absolute Gasteiger partial charge is 0.351 e. The van der Waals surface area contributed by atoms with Crippen molar-refractivity contribution in [3.8, 4) is 0 Å². The first-order valence-corrected chi connectivity index (χ1v) is 4.04. The van der Waals surface area contributed by atoms with E-state index in [4.69, 9.17) is 4.74 Å². The zero-order chi connectivity index (χ0) is 7.40. The van der Waals surface area contributed by atoms with Gasteiger partial charge in [-0.25, -0.2) is 0 Å². The van der Waals surface area contributed by atoms with Crippen molar-refractivity contribution in [1.82, 2.24) is 0 Å². The zero-order valence-corrected chi connectivity index (χ0v) is 6.76. The van der Waals surface area contributed by atoms with Crippen molar-refractivity contribution in [2.24, 2.45) is 4.99 Å². The van der Waals surface area contributed by atoms with Gasteiger partial charge in [-0.2, -0.15) is 0 Å². The van der Waals surface area contributed by atoms with E-state index in [9.17, 15) is 0 Å². The van der Waals surface area contributed by atoms with Gasteiger partial charge in [0.15, 0.2) is 0 Å². The van der Waals surface area contributed by atoms with Crippen LogP contribution in [-0.4, -0.2) is 18.5 Å². The summed E-state index contributed by atoms with van der Waals surface area (Å²) >= 11 is 0. The minimum absolute atomic E-state index is 0.181. The van der Waals surface area contributed by atoms with E-state index < -0.39 is 0 Å². The lowest BCUT2D eigenvalue weighted by Crippen LogP contribution is -2.03. The predicted octanol–water partition coefficient (Wildman–Crippen LogP) is 1.99. The predicted molar refractivity (Wildman–Crippen MR) is 42.4 cm³/mol. The smallest absolute Gasteiger partial charge is 0.148 e. The van der Waals surface area contributed by atoms with Gasteiger partial charge in [-0.05, 0) is 12.8 Å². The minimum Gasteiger partial charge on any atom is -0.351 e.